The highest BCUT2D eigenvalue weighted by Crippen LogP contribution is 2.36. The van der Waals surface area contributed by atoms with Gasteiger partial charge in [0.05, 0.1) is 21.5 Å². The highest BCUT2D eigenvalue weighted by Gasteiger charge is 2.16. The average molecular weight is 290 g/mol. The van der Waals surface area contributed by atoms with Gasteiger partial charge in [0.2, 0.25) is 0 Å². The molecule has 1 rings (SSSR count). The molecule has 0 unspecified atom stereocenters. The number of halogens is 3. The van der Waals surface area contributed by atoms with Crippen LogP contribution in [0.2, 0.25) is 10.0 Å². The van der Waals surface area contributed by atoms with Crippen molar-refractivity contribution in [2.24, 2.45) is 0 Å². The molecule has 0 heterocycles. The lowest BCUT2D eigenvalue weighted by molar-refractivity contribution is 0.340. The minimum absolute atomic E-state index is 0.114. The minimum Gasteiger partial charge on any atom is -0.491 e. The molecule has 0 spiro atoms. The number of benzene rings is 1. The van der Waals surface area contributed by atoms with Gasteiger partial charge in [-0.25, -0.2) is 8.42 Å². The van der Waals surface area contributed by atoms with Gasteiger partial charge in [-0.1, -0.05) is 23.2 Å². The Morgan fingerprint density at radius 2 is 1.73 bits per heavy atom. The van der Waals surface area contributed by atoms with Crippen molar-refractivity contribution < 1.29 is 13.2 Å². The van der Waals surface area contributed by atoms with E-state index in [-0.39, 0.29) is 20.7 Å². The Morgan fingerprint density at radius 3 is 2.07 bits per heavy atom. The van der Waals surface area contributed by atoms with Crippen LogP contribution < -0.4 is 4.74 Å². The van der Waals surface area contributed by atoms with Gasteiger partial charge in [-0.3, -0.25) is 0 Å². The summed E-state index contributed by atoms with van der Waals surface area (Å²) >= 11 is 11.6. The molecule has 1 aromatic carbocycles. The smallest absolute Gasteiger partial charge is 0.261 e. The molecule has 0 amide bonds. The first-order chi connectivity index (χ1) is 6.86. The van der Waals surface area contributed by atoms with E-state index in [1.165, 1.54) is 12.1 Å². The molecule has 7 heteroatoms. The van der Waals surface area contributed by atoms with E-state index in [1.54, 1.807) is 6.92 Å². The van der Waals surface area contributed by atoms with Crippen LogP contribution in [-0.2, 0) is 9.05 Å². The Hall–Kier alpha value is -0.160. The number of hydrogen-bond donors (Lipinski definition) is 0. The molecule has 84 valence electrons. The maximum Gasteiger partial charge on any atom is 0.261 e. The van der Waals surface area contributed by atoms with Crippen molar-refractivity contribution in [1.29, 1.82) is 0 Å². The fourth-order valence-corrected chi connectivity index (χ4v) is 2.47. The summed E-state index contributed by atoms with van der Waals surface area (Å²) in [5.74, 6) is 0.255. The highest BCUT2D eigenvalue weighted by atomic mass is 35.7. The molecule has 0 N–H and O–H groups in total. The van der Waals surface area contributed by atoms with E-state index in [1.807, 2.05) is 0 Å². The molecule has 0 aromatic heterocycles. The molecule has 0 bridgehead atoms. The molecule has 0 atom stereocenters. The van der Waals surface area contributed by atoms with E-state index < -0.39 is 9.05 Å². The summed E-state index contributed by atoms with van der Waals surface area (Å²) in [6, 6.07) is 2.39. The Balaban J connectivity index is 3.32. The van der Waals surface area contributed by atoms with E-state index in [0.29, 0.717) is 6.61 Å². The minimum atomic E-state index is -3.83. The zero-order chi connectivity index (χ0) is 11.6. The van der Waals surface area contributed by atoms with E-state index in [9.17, 15) is 8.42 Å². The summed E-state index contributed by atoms with van der Waals surface area (Å²) in [6.07, 6.45) is 0. The maximum absolute atomic E-state index is 11.0. The summed E-state index contributed by atoms with van der Waals surface area (Å²) in [6.45, 7) is 2.14. The van der Waals surface area contributed by atoms with Crippen LogP contribution in [0.1, 0.15) is 6.92 Å². The third-order valence-corrected chi connectivity index (χ3v) is 3.44. The highest BCUT2D eigenvalue weighted by molar-refractivity contribution is 8.13. The van der Waals surface area contributed by atoms with Crippen molar-refractivity contribution in [3.63, 3.8) is 0 Å². The SMILES string of the molecule is CCOc1c(Cl)cc(S(=O)(=O)Cl)cc1Cl. The summed E-state index contributed by atoms with van der Waals surface area (Å²) < 4.78 is 27.2. The Kier molecular flexibility index (Phi) is 4.12. The molecule has 0 saturated heterocycles. The molecule has 1 aromatic rings. The average Bonchev–Trinajstić information content (AvgIpc) is 2.09. The Morgan fingerprint density at radius 1 is 1.27 bits per heavy atom. The van der Waals surface area contributed by atoms with Crippen molar-refractivity contribution >= 4 is 42.9 Å². The van der Waals surface area contributed by atoms with Gasteiger partial charge in [0.25, 0.3) is 9.05 Å². The van der Waals surface area contributed by atoms with Crippen molar-refractivity contribution in [2.75, 3.05) is 6.61 Å². The molecule has 0 fully saturated rings. The second-order valence-electron chi connectivity index (χ2n) is 2.59. The first-order valence-electron chi connectivity index (χ1n) is 3.92. The fraction of sp³-hybridized carbons (Fsp3) is 0.250. The normalized spacial score (nSPS) is 11.5. The van der Waals surface area contributed by atoms with Crippen LogP contribution in [0.4, 0.5) is 0 Å². The van der Waals surface area contributed by atoms with E-state index >= 15 is 0 Å². The second kappa shape index (κ2) is 4.78. The van der Waals surface area contributed by atoms with Crippen molar-refractivity contribution in [2.45, 2.75) is 11.8 Å². The molecule has 0 aliphatic heterocycles. The molecular weight excluding hydrogens is 283 g/mol. The van der Waals surface area contributed by atoms with Crippen LogP contribution in [0.5, 0.6) is 5.75 Å². The van der Waals surface area contributed by atoms with E-state index in [2.05, 4.69) is 0 Å². The zero-order valence-electron chi connectivity index (χ0n) is 7.63. The lowest BCUT2D eigenvalue weighted by atomic mass is 10.3. The van der Waals surface area contributed by atoms with E-state index in [4.69, 9.17) is 38.6 Å². The molecule has 0 aliphatic rings. The largest absolute Gasteiger partial charge is 0.491 e. The molecule has 15 heavy (non-hydrogen) atoms. The van der Waals surface area contributed by atoms with Gasteiger partial charge in [-0.2, -0.15) is 0 Å². The third-order valence-electron chi connectivity index (χ3n) is 1.54. The Bertz CT molecular complexity index is 447. The van der Waals surface area contributed by atoms with Crippen LogP contribution in [0.25, 0.3) is 0 Å². The molecule has 0 radical (unpaired) electrons. The van der Waals surface area contributed by atoms with Gasteiger partial charge in [0.15, 0.2) is 5.75 Å². The monoisotopic (exact) mass is 288 g/mol. The van der Waals surface area contributed by atoms with Gasteiger partial charge < -0.3 is 4.74 Å². The standard InChI is InChI=1S/C8H7Cl3O3S/c1-2-14-8-6(9)3-5(4-7(8)10)15(11,12)13/h3-4H,2H2,1H3. The van der Waals surface area contributed by atoms with Crippen molar-refractivity contribution in [3.8, 4) is 5.75 Å². The molecule has 3 nitrogen and oxygen atoms in total. The first kappa shape index (κ1) is 12.9. The van der Waals surface area contributed by atoms with Gasteiger partial charge in [-0.05, 0) is 19.1 Å². The number of hydrogen-bond acceptors (Lipinski definition) is 3. The topological polar surface area (TPSA) is 43.4 Å². The van der Waals surface area contributed by atoms with Gasteiger partial charge in [0.1, 0.15) is 0 Å². The summed E-state index contributed by atoms with van der Waals surface area (Å²) in [5.41, 5.74) is 0. The van der Waals surface area contributed by atoms with Gasteiger partial charge in [-0.15, -0.1) is 0 Å². The number of rotatable bonds is 3. The van der Waals surface area contributed by atoms with Crippen LogP contribution in [0.15, 0.2) is 17.0 Å². The predicted octanol–water partition coefficient (Wildman–Crippen LogP) is 3.32. The van der Waals surface area contributed by atoms with Crippen LogP contribution >= 0.6 is 33.9 Å². The molecule has 0 saturated carbocycles. The molecule has 0 aliphatic carbocycles. The first-order valence-corrected chi connectivity index (χ1v) is 6.99. The fourth-order valence-electron chi connectivity index (χ4n) is 0.960. The van der Waals surface area contributed by atoms with Crippen molar-refractivity contribution in [1.82, 2.24) is 0 Å². The lowest BCUT2D eigenvalue weighted by Crippen LogP contribution is -1.96. The van der Waals surface area contributed by atoms with Crippen LogP contribution in [0, 0.1) is 0 Å². The maximum atomic E-state index is 11.0. The quantitative estimate of drug-likeness (QED) is 0.802. The third kappa shape index (κ3) is 3.14. The number of ether oxygens (including phenoxy) is 1. The van der Waals surface area contributed by atoms with Gasteiger partial charge in [0, 0.05) is 10.7 Å². The van der Waals surface area contributed by atoms with Gasteiger partial charge >= 0.3 is 0 Å². The summed E-state index contributed by atoms with van der Waals surface area (Å²) in [4.78, 5) is -0.150. The lowest BCUT2D eigenvalue weighted by Gasteiger charge is -2.08. The van der Waals surface area contributed by atoms with E-state index in [0.717, 1.165) is 0 Å². The van der Waals surface area contributed by atoms with Crippen LogP contribution in [-0.4, -0.2) is 15.0 Å². The molecular formula is C8H7Cl3O3S. The second-order valence-corrected chi connectivity index (χ2v) is 5.97. The van der Waals surface area contributed by atoms with Crippen LogP contribution in [0.3, 0.4) is 0 Å². The zero-order valence-corrected chi connectivity index (χ0v) is 10.7. The Labute approximate surface area is 102 Å². The predicted molar refractivity (Wildman–Crippen MR) is 60.7 cm³/mol. The van der Waals surface area contributed by atoms with Crippen molar-refractivity contribution in [3.05, 3.63) is 22.2 Å². The summed E-state index contributed by atoms with van der Waals surface area (Å²) in [5, 5.41) is 0.229. The summed E-state index contributed by atoms with van der Waals surface area (Å²) in [7, 11) is 1.31.